The molecule has 0 aromatic carbocycles. The lowest BCUT2D eigenvalue weighted by molar-refractivity contribution is -0.139. The number of nitrogens with one attached hydrogen (secondary N) is 2. The minimum Gasteiger partial charge on any atom is -0.354 e. The summed E-state index contributed by atoms with van der Waals surface area (Å²) in [4.78, 5) is 33.8. The van der Waals surface area contributed by atoms with Gasteiger partial charge in [-0.1, -0.05) is 13.3 Å². The number of nitrogens with zero attached hydrogens (tertiary/aromatic N) is 2. The maximum atomic E-state index is 12.6. The summed E-state index contributed by atoms with van der Waals surface area (Å²) in [5, 5.41) is 2.92. The molecule has 140 valence electrons. The minimum absolute atomic E-state index is 0.105. The summed E-state index contributed by atoms with van der Waals surface area (Å²) in [5.74, 6) is 0.0602. The second kappa shape index (κ2) is 9.53. The predicted molar refractivity (Wildman–Crippen MR) is 95.5 cm³/mol. The van der Waals surface area contributed by atoms with Crippen LogP contribution in [0.15, 0.2) is 12.5 Å². The van der Waals surface area contributed by atoms with E-state index in [0.717, 1.165) is 18.5 Å². The zero-order valence-corrected chi connectivity index (χ0v) is 14.9. The van der Waals surface area contributed by atoms with Gasteiger partial charge in [0.25, 0.3) is 0 Å². The van der Waals surface area contributed by atoms with Gasteiger partial charge in [-0.05, 0) is 31.7 Å². The fraction of sp³-hybridized carbons (Fsp3) is 0.706. The van der Waals surface area contributed by atoms with E-state index in [2.05, 4.69) is 22.2 Å². The number of aromatic nitrogens is 2. The van der Waals surface area contributed by atoms with Crippen molar-refractivity contribution in [2.75, 3.05) is 19.6 Å². The number of rotatable bonds is 9. The first-order valence-electron chi connectivity index (χ1n) is 9.04. The number of H-pyrrole nitrogens is 1. The van der Waals surface area contributed by atoms with Crippen molar-refractivity contribution in [2.24, 2.45) is 17.4 Å². The van der Waals surface area contributed by atoms with Crippen LogP contribution in [0.1, 0.15) is 38.3 Å². The molecule has 0 unspecified atom stereocenters. The molecule has 1 aromatic rings. The monoisotopic (exact) mass is 350 g/mol. The van der Waals surface area contributed by atoms with E-state index in [1.54, 1.807) is 17.4 Å². The van der Waals surface area contributed by atoms with E-state index in [-0.39, 0.29) is 11.8 Å². The van der Waals surface area contributed by atoms with Gasteiger partial charge in [0.2, 0.25) is 11.8 Å². The van der Waals surface area contributed by atoms with Gasteiger partial charge in [-0.25, -0.2) is 4.98 Å². The molecule has 1 aromatic heterocycles. The highest BCUT2D eigenvalue weighted by Crippen LogP contribution is 2.24. The van der Waals surface area contributed by atoms with Gasteiger partial charge >= 0.3 is 0 Å². The molecule has 6 N–H and O–H groups in total. The van der Waals surface area contributed by atoms with Crippen LogP contribution in [0.3, 0.4) is 0 Å². The molecule has 0 aliphatic carbocycles. The smallest absolute Gasteiger partial charge is 0.242 e. The summed E-state index contributed by atoms with van der Waals surface area (Å²) in [5.41, 5.74) is 12.5. The molecule has 2 heterocycles. The average molecular weight is 350 g/mol. The van der Waals surface area contributed by atoms with E-state index in [0.29, 0.717) is 44.8 Å². The van der Waals surface area contributed by atoms with Crippen LogP contribution in [0.4, 0.5) is 0 Å². The first kappa shape index (κ1) is 19.4. The second-order valence-corrected chi connectivity index (χ2v) is 6.86. The molecule has 3 atom stereocenters. The van der Waals surface area contributed by atoms with Crippen molar-refractivity contribution in [3.8, 4) is 0 Å². The third kappa shape index (κ3) is 5.54. The fourth-order valence-electron chi connectivity index (χ4n) is 3.24. The number of likely N-dealkylation sites (tertiary alicyclic amines) is 1. The number of amides is 2. The van der Waals surface area contributed by atoms with Crippen molar-refractivity contribution in [1.82, 2.24) is 20.2 Å². The lowest BCUT2D eigenvalue weighted by Crippen LogP contribution is -2.51. The van der Waals surface area contributed by atoms with Gasteiger partial charge in [-0.15, -0.1) is 0 Å². The second-order valence-electron chi connectivity index (χ2n) is 6.86. The first-order valence-corrected chi connectivity index (χ1v) is 9.04. The summed E-state index contributed by atoms with van der Waals surface area (Å²) in [6.45, 7) is 3.75. The van der Waals surface area contributed by atoms with Crippen LogP contribution in [0.5, 0.6) is 0 Å². The van der Waals surface area contributed by atoms with Gasteiger partial charge in [0.1, 0.15) is 6.04 Å². The normalized spacial score (nSPS) is 21.3. The van der Waals surface area contributed by atoms with Gasteiger partial charge < -0.3 is 26.7 Å². The fourth-order valence-corrected chi connectivity index (χ4v) is 3.24. The zero-order valence-electron chi connectivity index (χ0n) is 14.9. The molecule has 0 bridgehead atoms. The summed E-state index contributed by atoms with van der Waals surface area (Å²) in [7, 11) is 0. The van der Waals surface area contributed by atoms with Crippen molar-refractivity contribution in [3.63, 3.8) is 0 Å². The quantitative estimate of drug-likeness (QED) is 0.457. The molecule has 2 rings (SSSR count). The van der Waals surface area contributed by atoms with Crippen LogP contribution in [-0.4, -0.2) is 58.4 Å². The highest BCUT2D eigenvalue weighted by molar-refractivity contribution is 5.90. The van der Waals surface area contributed by atoms with Crippen molar-refractivity contribution in [3.05, 3.63) is 18.2 Å². The van der Waals surface area contributed by atoms with Crippen LogP contribution in [0.2, 0.25) is 0 Å². The zero-order chi connectivity index (χ0) is 18.2. The van der Waals surface area contributed by atoms with E-state index in [1.165, 1.54) is 0 Å². The van der Waals surface area contributed by atoms with Gasteiger partial charge in [0, 0.05) is 31.4 Å². The number of hydrogen-bond acceptors (Lipinski definition) is 5. The van der Waals surface area contributed by atoms with Gasteiger partial charge in [0.15, 0.2) is 0 Å². The standard InChI is InChI=1S/C17H30N6O2/c1-12-8-15(16(24)21-7-5-13-9-20-11-22-13)23(10-12)17(25)14(19)4-2-3-6-18/h9,11-12,14-15H,2-8,10,18-19H2,1H3,(H,20,22)(H,21,24)/t12-,14+,15-/m0/s1. The van der Waals surface area contributed by atoms with E-state index < -0.39 is 12.1 Å². The Balaban J connectivity index is 1.86. The van der Waals surface area contributed by atoms with E-state index in [9.17, 15) is 9.59 Å². The molecule has 0 saturated carbocycles. The van der Waals surface area contributed by atoms with Gasteiger partial charge in [-0.2, -0.15) is 0 Å². The molecule has 0 radical (unpaired) electrons. The summed E-state index contributed by atoms with van der Waals surface area (Å²) >= 11 is 0. The largest absolute Gasteiger partial charge is 0.354 e. The average Bonchev–Trinajstić information content (AvgIpc) is 3.23. The molecular weight excluding hydrogens is 320 g/mol. The van der Waals surface area contributed by atoms with E-state index in [4.69, 9.17) is 11.5 Å². The van der Waals surface area contributed by atoms with Gasteiger partial charge in [-0.3, -0.25) is 9.59 Å². The first-order chi connectivity index (χ1) is 12.0. The van der Waals surface area contributed by atoms with Crippen LogP contribution >= 0.6 is 0 Å². The summed E-state index contributed by atoms with van der Waals surface area (Å²) in [6.07, 6.45) is 7.00. The summed E-state index contributed by atoms with van der Waals surface area (Å²) in [6, 6.07) is -0.984. The van der Waals surface area contributed by atoms with Crippen molar-refractivity contribution < 1.29 is 9.59 Å². The number of nitrogens with two attached hydrogens (primary N) is 2. The summed E-state index contributed by atoms with van der Waals surface area (Å²) < 4.78 is 0. The highest BCUT2D eigenvalue weighted by atomic mass is 16.2. The molecule has 0 spiro atoms. The SMILES string of the molecule is C[C@H]1C[C@@H](C(=O)NCCc2cnc[nH]2)N(C(=O)[C@H](N)CCCCN)C1. The van der Waals surface area contributed by atoms with Crippen LogP contribution < -0.4 is 16.8 Å². The molecule has 2 amide bonds. The molecule has 1 aliphatic heterocycles. The molecular formula is C17H30N6O2. The van der Waals surface area contributed by atoms with E-state index >= 15 is 0 Å². The molecule has 8 nitrogen and oxygen atoms in total. The van der Waals surface area contributed by atoms with Crippen molar-refractivity contribution in [2.45, 2.75) is 51.1 Å². The van der Waals surface area contributed by atoms with Gasteiger partial charge in [0.05, 0.1) is 12.4 Å². The Morgan fingerprint density at radius 3 is 2.96 bits per heavy atom. The number of carbonyl (C=O) groups excluding carboxylic acids is 2. The Kier molecular flexibility index (Phi) is 7.39. The van der Waals surface area contributed by atoms with E-state index in [1.807, 2.05) is 0 Å². The lowest BCUT2D eigenvalue weighted by atomic mass is 10.1. The Hall–Kier alpha value is -1.93. The topological polar surface area (TPSA) is 130 Å². The van der Waals surface area contributed by atoms with Crippen LogP contribution in [0, 0.1) is 5.92 Å². The maximum absolute atomic E-state index is 12.6. The van der Waals surface area contributed by atoms with Crippen molar-refractivity contribution in [1.29, 1.82) is 0 Å². The molecule has 25 heavy (non-hydrogen) atoms. The Morgan fingerprint density at radius 1 is 1.48 bits per heavy atom. The number of hydrogen-bond donors (Lipinski definition) is 4. The molecule has 1 aliphatic rings. The van der Waals surface area contributed by atoms with Crippen LogP contribution in [-0.2, 0) is 16.0 Å². The van der Waals surface area contributed by atoms with Crippen LogP contribution in [0.25, 0.3) is 0 Å². The Morgan fingerprint density at radius 2 is 2.28 bits per heavy atom. The number of aromatic amines is 1. The predicted octanol–water partition coefficient (Wildman–Crippen LogP) is -0.238. The van der Waals surface area contributed by atoms with Crippen molar-refractivity contribution >= 4 is 11.8 Å². The number of unbranched alkanes of at least 4 members (excludes halogenated alkanes) is 1. The Labute approximate surface area is 148 Å². The lowest BCUT2D eigenvalue weighted by Gasteiger charge is -2.26. The molecule has 1 fully saturated rings. The number of imidazole rings is 1. The maximum Gasteiger partial charge on any atom is 0.242 e. The Bertz CT molecular complexity index is 547. The highest BCUT2D eigenvalue weighted by Gasteiger charge is 2.39. The molecule has 8 heteroatoms. The number of carbonyl (C=O) groups is 2. The third-order valence-electron chi connectivity index (χ3n) is 4.63. The molecule has 1 saturated heterocycles. The minimum atomic E-state index is -0.558. The third-order valence-corrected chi connectivity index (χ3v) is 4.63.